The molecule has 2 heterocycles. The van der Waals surface area contributed by atoms with E-state index in [2.05, 4.69) is 72.1 Å². The van der Waals surface area contributed by atoms with Crippen LogP contribution in [0.2, 0.25) is 0 Å². The Labute approximate surface area is 132 Å². The average molecular weight is 290 g/mol. The zero-order chi connectivity index (χ0) is 15.1. The fourth-order valence-corrected chi connectivity index (χ4v) is 3.77. The summed E-state index contributed by atoms with van der Waals surface area (Å²) in [5.41, 5.74) is 7.24. The maximum absolute atomic E-state index is 2.55. The van der Waals surface area contributed by atoms with Crippen molar-refractivity contribution in [3.8, 4) is 11.1 Å². The van der Waals surface area contributed by atoms with Gasteiger partial charge in [-0.1, -0.05) is 37.3 Å². The summed E-state index contributed by atoms with van der Waals surface area (Å²) in [5.74, 6) is 0. The lowest BCUT2D eigenvalue weighted by molar-refractivity contribution is 0.269. The minimum atomic E-state index is 1.07. The minimum absolute atomic E-state index is 1.07. The Morgan fingerprint density at radius 2 is 1.86 bits per heavy atom. The lowest BCUT2D eigenvalue weighted by Gasteiger charge is -2.30. The van der Waals surface area contributed by atoms with Crippen LogP contribution >= 0.6 is 0 Å². The highest BCUT2D eigenvalue weighted by Gasteiger charge is 2.22. The average Bonchev–Trinajstić information content (AvgIpc) is 2.95. The molecule has 2 aromatic carbocycles. The molecular weight excluding hydrogens is 268 g/mol. The molecule has 1 aliphatic heterocycles. The van der Waals surface area contributed by atoms with E-state index >= 15 is 0 Å². The van der Waals surface area contributed by atoms with Gasteiger partial charge in [-0.2, -0.15) is 0 Å². The van der Waals surface area contributed by atoms with Gasteiger partial charge in [-0.25, -0.2) is 0 Å². The van der Waals surface area contributed by atoms with Crippen LogP contribution < -0.4 is 0 Å². The molecule has 0 bridgehead atoms. The zero-order valence-corrected chi connectivity index (χ0v) is 13.3. The summed E-state index contributed by atoms with van der Waals surface area (Å²) < 4.78 is 2.28. The number of nitrogens with zero attached hydrogens (tertiary/aromatic N) is 2. The minimum Gasteiger partial charge on any atom is -0.350 e. The summed E-state index contributed by atoms with van der Waals surface area (Å²) >= 11 is 0. The fourth-order valence-electron chi connectivity index (χ4n) is 3.77. The van der Waals surface area contributed by atoms with Crippen LogP contribution in [-0.2, 0) is 20.0 Å². The van der Waals surface area contributed by atoms with E-state index in [-0.39, 0.29) is 0 Å². The van der Waals surface area contributed by atoms with E-state index in [9.17, 15) is 0 Å². The summed E-state index contributed by atoms with van der Waals surface area (Å²) in [6.45, 7) is 5.62. The molecule has 1 aromatic heterocycles. The smallest absolute Gasteiger partial charge is 0.0526 e. The van der Waals surface area contributed by atoms with Gasteiger partial charge in [0.25, 0.3) is 0 Å². The summed E-state index contributed by atoms with van der Waals surface area (Å²) in [4.78, 5) is 2.55. The van der Waals surface area contributed by atoms with Crippen molar-refractivity contribution >= 4 is 10.9 Å². The molecule has 3 aromatic rings. The van der Waals surface area contributed by atoms with Crippen molar-refractivity contribution in [3.63, 3.8) is 0 Å². The topological polar surface area (TPSA) is 8.17 Å². The SMILES string of the molecule is CCN1CCc2c(-c3ccccc3)cc3ccn(C)c3c2C1. The molecule has 0 saturated carbocycles. The largest absolute Gasteiger partial charge is 0.350 e. The Kier molecular flexibility index (Phi) is 3.27. The van der Waals surface area contributed by atoms with Gasteiger partial charge >= 0.3 is 0 Å². The van der Waals surface area contributed by atoms with Crippen LogP contribution in [0.5, 0.6) is 0 Å². The Morgan fingerprint density at radius 1 is 1.05 bits per heavy atom. The van der Waals surface area contributed by atoms with Crippen molar-refractivity contribution in [1.29, 1.82) is 0 Å². The van der Waals surface area contributed by atoms with Gasteiger partial charge in [-0.3, -0.25) is 4.90 Å². The first kappa shape index (κ1) is 13.6. The molecule has 0 unspecified atom stereocenters. The van der Waals surface area contributed by atoms with E-state index in [0.717, 1.165) is 19.5 Å². The molecule has 2 heteroatoms. The van der Waals surface area contributed by atoms with E-state index < -0.39 is 0 Å². The summed E-state index contributed by atoms with van der Waals surface area (Å²) in [6.07, 6.45) is 3.33. The van der Waals surface area contributed by atoms with Crippen LogP contribution in [0.4, 0.5) is 0 Å². The molecule has 0 fully saturated rings. The van der Waals surface area contributed by atoms with Crippen molar-refractivity contribution < 1.29 is 0 Å². The molecule has 22 heavy (non-hydrogen) atoms. The van der Waals surface area contributed by atoms with Gasteiger partial charge in [0.05, 0.1) is 5.52 Å². The summed E-state index contributed by atoms with van der Waals surface area (Å²) in [5, 5.41) is 1.36. The first-order valence-corrected chi connectivity index (χ1v) is 8.15. The van der Waals surface area contributed by atoms with E-state index in [4.69, 9.17) is 0 Å². The molecule has 0 atom stereocenters. The number of fused-ring (bicyclic) bond motifs is 3. The molecule has 2 nitrogen and oxygen atoms in total. The van der Waals surface area contributed by atoms with Crippen LogP contribution in [0.15, 0.2) is 48.7 Å². The van der Waals surface area contributed by atoms with Crippen molar-refractivity contribution in [3.05, 3.63) is 59.8 Å². The first-order chi connectivity index (χ1) is 10.8. The third-order valence-electron chi connectivity index (χ3n) is 4.97. The maximum atomic E-state index is 2.55. The number of benzene rings is 2. The Balaban J connectivity index is 2.00. The zero-order valence-electron chi connectivity index (χ0n) is 13.3. The van der Waals surface area contributed by atoms with Crippen LogP contribution in [0.1, 0.15) is 18.1 Å². The molecule has 0 aliphatic carbocycles. The molecule has 0 radical (unpaired) electrons. The van der Waals surface area contributed by atoms with E-state index in [0.29, 0.717) is 0 Å². The van der Waals surface area contributed by atoms with Gasteiger partial charge in [0, 0.05) is 31.7 Å². The van der Waals surface area contributed by atoms with Crippen molar-refractivity contribution in [1.82, 2.24) is 9.47 Å². The molecule has 0 amide bonds. The Bertz CT molecular complexity index is 815. The predicted octanol–water partition coefficient (Wildman–Crippen LogP) is 4.22. The van der Waals surface area contributed by atoms with E-state index in [1.54, 1.807) is 5.56 Å². The van der Waals surface area contributed by atoms with Gasteiger partial charge in [-0.15, -0.1) is 0 Å². The fraction of sp³-hybridized carbons (Fsp3) is 0.300. The molecule has 0 spiro atoms. The van der Waals surface area contributed by atoms with Crippen molar-refractivity contribution in [2.24, 2.45) is 7.05 Å². The highest BCUT2D eigenvalue weighted by molar-refractivity contribution is 5.91. The number of aryl methyl sites for hydroxylation is 1. The van der Waals surface area contributed by atoms with E-state index in [1.807, 2.05) is 0 Å². The van der Waals surface area contributed by atoms with Gasteiger partial charge in [0.15, 0.2) is 0 Å². The number of hydrogen-bond donors (Lipinski definition) is 0. The molecule has 1 aliphatic rings. The molecule has 112 valence electrons. The third kappa shape index (κ3) is 2.06. The monoisotopic (exact) mass is 290 g/mol. The number of aromatic nitrogens is 1. The standard InChI is InChI=1S/C20H22N2/c1-3-22-12-10-17-18(15-7-5-4-6-8-15)13-16-9-11-21(2)20(16)19(17)14-22/h4-9,11,13H,3,10,12,14H2,1-2H3. The highest BCUT2D eigenvalue weighted by atomic mass is 15.1. The van der Waals surface area contributed by atoms with Crippen LogP contribution in [0.3, 0.4) is 0 Å². The quantitative estimate of drug-likeness (QED) is 0.686. The van der Waals surface area contributed by atoms with Gasteiger partial charge in [0.1, 0.15) is 0 Å². The van der Waals surface area contributed by atoms with Crippen molar-refractivity contribution in [2.75, 3.05) is 13.1 Å². The lowest BCUT2D eigenvalue weighted by atomic mass is 9.89. The van der Waals surface area contributed by atoms with Crippen molar-refractivity contribution in [2.45, 2.75) is 19.9 Å². The van der Waals surface area contributed by atoms with Gasteiger partial charge in [-0.05, 0) is 47.4 Å². The molecular formula is C20H22N2. The van der Waals surface area contributed by atoms with Gasteiger partial charge < -0.3 is 4.57 Å². The number of rotatable bonds is 2. The lowest BCUT2D eigenvalue weighted by Crippen LogP contribution is -2.31. The Morgan fingerprint density at radius 3 is 2.64 bits per heavy atom. The second-order valence-corrected chi connectivity index (χ2v) is 6.23. The highest BCUT2D eigenvalue weighted by Crippen LogP contribution is 2.36. The summed E-state index contributed by atoms with van der Waals surface area (Å²) in [7, 11) is 2.16. The maximum Gasteiger partial charge on any atom is 0.0526 e. The summed E-state index contributed by atoms with van der Waals surface area (Å²) in [6, 6.07) is 15.5. The Hall–Kier alpha value is -2.06. The predicted molar refractivity (Wildman–Crippen MR) is 93.0 cm³/mol. The third-order valence-corrected chi connectivity index (χ3v) is 4.97. The molecule has 4 rings (SSSR count). The number of likely N-dealkylation sites (N-methyl/N-ethyl adjacent to an activating group) is 1. The van der Waals surface area contributed by atoms with Crippen LogP contribution in [0.25, 0.3) is 22.0 Å². The normalized spacial score (nSPS) is 15.2. The van der Waals surface area contributed by atoms with Crippen LogP contribution in [0, 0.1) is 0 Å². The van der Waals surface area contributed by atoms with E-state index in [1.165, 1.54) is 34.1 Å². The second kappa shape index (κ2) is 5.29. The van der Waals surface area contributed by atoms with Crippen LogP contribution in [-0.4, -0.2) is 22.6 Å². The second-order valence-electron chi connectivity index (χ2n) is 6.23. The first-order valence-electron chi connectivity index (χ1n) is 8.15. The molecule has 0 N–H and O–H groups in total. The number of hydrogen-bond acceptors (Lipinski definition) is 1. The van der Waals surface area contributed by atoms with Gasteiger partial charge in [0.2, 0.25) is 0 Å². The molecule has 0 saturated heterocycles.